The van der Waals surface area contributed by atoms with Gasteiger partial charge in [-0.25, -0.2) is 0 Å². The number of halogens is 1. The number of amides is 1. The number of carbonyl (C=O) groups is 1. The second kappa shape index (κ2) is 9.16. The number of likely N-dealkylation sites (N-methyl/N-ethyl adjacent to an activating group) is 1. The molecule has 0 saturated heterocycles. The molecule has 0 fully saturated rings. The van der Waals surface area contributed by atoms with Gasteiger partial charge in [-0.05, 0) is 26.7 Å². The van der Waals surface area contributed by atoms with Gasteiger partial charge in [-0.1, -0.05) is 15.9 Å². The summed E-state index contributed by atoms with van der Waals surface area (Å²) in [5, 5.41) is 0.973. The molecule has 0 aromatic carbocycles. The van der Waals surface area contributed by atoms with E-state index in [-0.39, 0.29) is 12.0 Å². The highest BCUT2D eigenvalue weighted by atomic mass is 79.9. The minimum absolute atomic E-state index is 0.211. The number of rotatable bonds is 8. The first kappa shape index (κ1) is 14.9. The van der Waals surface area contributed by atoms with Crippen LogP contribution in [0.4, 0.5) is 0 Å². The molecule has 15 heavy (non-hydrogen) atoms. The summed E-state index contributed by atoms with van der Waals surface area (Å²) in [6.45, 7) is 5.30. The maximum Gasteiger partial charge on any atom is 0.222 e. The first-order valence-corrected chi connectivity index (χ1v) is 6.61. The Morgan fingerprint density at radius 2 is 2.07 bits per heavy atom. The first-order chi connectivity index (χ1) is 7.07. The van der Waals surface area contributed by atoms with Gasteiger partial charge in [0.05, 0.1) is 12.7 Å². The number of unbranched alkanes of at least 4 members (excludes halogenated alkanes) is 1. The predicted molar refractivity (Wildman–Crippen MR) is 66.4 cm³/mol. The summed E-state index contributed by atoms with van der Waals surface area (Å²) in [6, 6.07) is 0. The molecule has 0 rings (SSSR count). The molecule has 0 heterocycles. The fourth-order valence-corrected chi connectivity index (χ4v) is 1.51. The Kier molecular flexibility index (Phi) is 9.10. The zero-order valence-corrected chi connectivity index (χ0v) is 11.5. The Morgan fingerprint density at radius 3 is 2.60 bits per heavy atom. The summed E-state index contributed by atoms with van der Waals surface area (Å²) >= 11 is 3.35. The highest BCUT2D eigenvalue weighted by Crippen LogP contribution is 2.01. The quantitative estimate of drug-likeness (QED) is 0.505. The summed E-state index contributed by atoms with van der Waals surface area (Å²) < 4.78 is 5.39. The van der Waals surface area contributed by atoms with Gasteiger partial charge in [-0.3, -0.25) is 4.79 Å². The van der Waals surface area contributed by atoms with Gasteiger partial charge in [-0.15, -0.1) is 0 Å². The standard InChI is InChI=1S/C11H22BrNO2/c1-10(2)15-9-8-13(3)11(14)6-4-5-7-12/h10H,4-9H2,1-3H3. The van der Waals surface area contributed by atoms with Crippen molar-refractivity contribution < 1.29 is 9.53 Å². The molecule has 0 aliphatic heterocycles. The van der Waals surface area contributed by atoms with Crippen molar-refractivity contribution in [1.82, 2.24) is 4.90 Å². The molecule has 0 aliphatic carbocycles. The van der Waals surface area contributed by atoms with E-state index in [2.05, 4.69) is 15.9 Å². The van der Waals surface area contributed by atoms with Gasteiger partial charge in [0.15, 0.2) is 0 Å². The predicted octanol–water partition coefficient (Wildman–Crippen LogP) is 2.44. The van der Waals surface area contributed by atoms with E-state index >= 15 is 0 Å². The van der Waals surface area contributed by atoms with Gasteiger partial charge >= 0.3 is 0 Å². The van der Waals surface area contributed by atoms with E-state index in [1.807, 2.05) is 20.9 Å². The van der Waals surface area contributed by atoms with E-state index < -0.39 is 0 Å². The fraction of sp³-hybridized carbons (Fsp3) is 0.909. The monoisotopic (exact) mass is 279 g/mol. The normalized spacial score (nSPS) is 10.7. The second-order valence-electron chi connectivity index (χ2n) is 3.88. The van der Waals surface area contributed by atoms with E-state index in [0.717, 1.165) is 18.2 Å². The van der Waals surface area contributed by atoms with Crippen LogP contribution in [0.3, 0.4) is 0 Å². The van der Waals surface area contributed by atoms with Crippen molar-refractivity contribution in [3.05, 3.63) is 0 Å². The van der Waals surface area contributed by atoms with Crippen LogP contribution < -0.4 is 0 Å². The van der Waals surface area contributed by atoms with Gasteiger partial charge in [0.2, 0.25) is 5.91 Å². The number of alkyl halides is 1. The third-order valence-electron chi connectivity index (χ3n) is 2.08. The van der Waals surface area contributed by atoms with Crippen LogP contribution in [0.5, 0.6) is 0 Å². The van der Waals surface area contributed by atoms with Gasteiger partial charge in [0.25, 0.3) is 0 Å². The van der Waals surface area contributed by atoms with Crippen LogP contribution in [0.1, 0.15) is 33.1 Å². The van der Waals surface area contributed by atoms with Crippen LogP contribution in [0.15, 0.2) is 0 Å². The van der Waals surface area contributed by atoms with Crippen molar-refractivity contribution in [2.24, 2.45) is 0 Å². The zero-order chi connectivity index (χ0) is 11.7. The summed E-state index contributed by atoms with van der Waals surface area (Å²) in [5.41, 5.74) is 0. The van der Waals surface area contributed by atoms with Gasteiger partial charge in [0, 0.05) is 25.3 Å². The molecule has 0 bridgehead atoms. The smallest absolute Gasteiger partial charge is 0.222 e. The molecular weight excluding hydrogens is 258 g/mol. The summed E-state index contributed by atoms with van der Waals surface area (Å²) in [5.74, 6) is 0.211. The number of hydrogen-bond donors (Lipinski definition) is 0. The van der Waals surface area contributed by atoms with Crippen molar-refractivity contribution in [3.8, 4) is 0 Å². The molecule has 0 unspecified atom stereocenters. The molecule has 0 aromatic rings. The molecular formula is C11H22BrNO2. The third-order valence-corrected chi connectivity index (χ3v) is 2.64. The molecule has 0 saturated carbocycles. The van der Waals surface area contributed by atoms with Crippen molar-refractivity contribution in [2.75, 3.05) is 25.5 Å². The molecule has 0 aromatic heterocycles. The highest BCUT2D eigenvalue weighted by Gasteiger charge is 2.07. The Labute approximate surface area is 101 Å². The van der Waals surface area contributed by atoms with Crippen molar-refractivity contribution in [3.63, 3.8) is 0 Å². The molecule has 3 nitrogen and oxygen atoms in total. The second-order valence-corrected chi connectivity index (χ2v) is 4.67. The zero-order valence-electron chi connectivity index (χ0n) is 9.96. The van der Waals surface area contributed by atoms with E-state index in [4.69, 9.17) is 4.74 Å². The van der Waals surface area contributed by atoms with E-state index in [0.29, 0.717) is 19.6 Å². The Balaban J connectivity index is 3.51. The van der Waals surface area contributed by atoms with Crippen LogP contribution in [-0.2, 0) is 9.53 Å². The lowest BCUT2D eigenvalue weighted by atomic mass is 10.2. The van der Waals surface area contributed by atoms with Crippen LogP contribution in [0, 0.1) is 0 Å². The Hall–Kier alpha value is -0.0900. The maximum absolute atomic E-state index is 11.5. The molecule has 0 N–H and O–H groups in total. The Morgan fingerprint density at radius 1 is 1.40 bits per heavy atom. The average Bonchev–Trinajstić information content (AvgIpc) is 2.17. The Bertz CT molecular complexity index is 174. The van der Waals surface area contributed by atoms with Crippen molar-refractivity contribution in [1.29, 1.82) is 0 Å². The largest absolute Gasteiger partial charge is 0.377 e. The lowest BCUT2D eigenvalue weighted by Gasteiger charge is -2.17. The summed E-state index contributed by atoms with van der Waals surface area (Å²) in [6.07, 6.45) is 2.90. The number of ether oxygens (including phenoxy) is 1. The molecule has 0 radical (unpaired) electrons. The van der Waals surface area contributed by atoms with Crippen LogP contribution in [0.25, 0.3) is 0 Å². The lowest BCUT2D eigenvalue weighted by molar-refractivity contribution is -0.130. The van der Waals surface area contributed by atoms with Crippen LogP contribution in [0.2, 0.25) is 0 Å². The third kappa shape index (κ3) is 8.88. The van der Waals surface area contributed by atoms with E-state index in [1.165, 1.54) is 0 Å². The average molecular weight is 280 g/mol. The molecule has 0 spiro atoms. The number of carbonyl (C=O) groups excluding carboxylic acids is 1. The summed E-state index contributed by atoms with van der Waals surface area (Å²) in [4.78, 5) is 13.3. The lowest BCUT2D eigenvalue weighted by Crippen LogP contribution is -2.30. The first-order valence-electron chi connectivity index (χ1n) is 5.49. The van der Waals surface area contributed by atoms with Crippen molar-refractivity contribution >= 4 is 21.8 Å². The molecule has 1 amide bonds. The highest BCUT2D eigenvalue weighted by molar-refractivity contribution is 9.09. The number of hydrogen-bond acceptors (Lipinski definition) is 2. The topological polar surface area (TPSA) is 29.5 Å². The van der Waals surface area contributed by atoms with Gasteiger partial charge in [-0.2, -0.15) is 0 Å². The fourth-order valence-electron chi connectivity index (χ4n) is 1.11. The minimum Gasteiger partial charge on any atom is -0.377 e. The van der Waals surface area contributed by atoms with Crippen molar-refractivity contribution in [2.45, 2.75) is 39.2 Å². The SMILES string of the molecule is CC(C)OCCN(C)C(=O)CCCCBr. The molecule has 4 heteroatoms. The maximum atomic E-state index is 11.5. The van der Waals surface area contributed by atoms with E-state index in [9.17, 15) is 4.79 Å². The van der Waals surface area contributed by atoms with Gasteiger partial charge in [0.1, 0.15) is 0 Å². The summed E-state index contributed by atoms with van der Waals surface area (Å²) in [7, 11) is 1.83. The van der Waals surface area contributed by atoms with E-state index in [1.54, 1.807) is 4.90 Å². The van der Waals surface area contributed by atoms with Gasteiger partial charge < -0.3 is 9.64 Å². The minimum atomic E-state index is 0.211. The molecule has 0 atom stereocenters. The van der Waals surface area contributed by atoms with Crippen LogP contribution >= 0.6 is 15.9 Å². The number of nitrogens with zero attached hydrogens (tertiary/aromatic N) is 1. The van der Waals surface area contributed by atoms with Crippen LogP contribution in [-0.4, -0.2) is 42.4 Å². The molecule has 0 aliphatic rings. The molecule has 90 valence electrons.